The molecule has 0 radical (unpaired) electrons. The number of nitro benzene ring substituents is 1. The molecule has 0 fully saturated rings. The zero-order chi connectivity index (χ0) is 14.6. The van der Waals surface area contributed by atoms with Crippen LogP contribution in [0.5, 0.6) is 5.75 Å². The van der Waals surface area contributed by atoms with Crippen LogP contribution in [0.3, 0.4) is 0 Å². The Kier molecular flexibility index (Phi) is 5.79. The van der Waals surface area contributed by atoms with Crippen LogP contribution in [-0.4, -0.2) is 16.9 Å². The van der Waals surface area contributed by atoms with Crippen LogP contribution in [0.15, 0.2) is 18.2 Å². The molecule has 0 aliphatic heterocycles. The second-order valence-corrected chi connectivity index (χ2v) is 6.49. The van der Waals surface area contributed by atoms with Gasteiger partial charge in [0.15, 0.2) is 0 Å². The number of rotatable bonds is 6. The largest absolute Gasteiger partial charge is 0.496 e. The van der Waals surface area contributed by atoms with E-state index >= 15 is 0 Å². The van der Waals surface area contributed by atoms with Gasteiger partial charge < -0.3 is 4.74 Å². The van der Waals surface area contributed by atoms with Crippen molar-refractivity contribution >= 4 is 21.6 Å². The number of methoxy groups -OCH3 is 1. The summed E-state index contributed by atoms with van der Waals surface area (Å²) < 4.78 is 5.30. The summed E-state index contributed by atoms with van der Waals surface area (Å²) in [6, 6.07) is 4.76. The van der Waals surface area contributed by atoms with Crippen molar-refractivity contribution in [3.05, 3.63) is 33.9 Å². The summed E-state index contributed by atoms with van der Waals surface area (Å²) in [4.78, 5) is 10.8. The predicted octanol–water partition coefficient (Wildman–Crippen LogP) is 4.20. The van der Waals surface area contributed by atoms with Gasteiger partial charge in [0.25, 0.3) is 5.69 Å². The second kappa shape index (κ2) is 6.89. The first-order valence-electron chi connectivity index (χ1n) is 6.32. The number of nitro groups is 1. The summed E-state index contributed by atoms with van der Waals surface area (Å²) in [5, 5.41) is 10.9. The standard InChI is InChI=1S/C14H20BrNO3/c1-9(2)13(10(3)15)8-11-7-12(16(17)18)5-6-14(11)19-4/h5-7,9-10,13H,8H2,1-4H3. The topological polar surface area (TPSA) is 52.4 Å². The lowest BCUT2D eigenvalue weighted by atomic mass is 9.86. The van der Waals surface area contributed by atoms with Gasteiger partial charge in [-0.25, -0.2) is 0 Å². The summed E-state index contributed by atoms with van der Waals surface area (Å²) in [7, 11) is 1.59. The lowest BCUT2D eigenvalue weighted by Gasteiger charge is -2.24. The van der Waals surface area contributed by atoms with E-state index < -0.39 is 0 Å². The third kappa shape index (κ3) is 4.20. The highest BCUT2D eigenvalue weighted by Crippen LogP contribution is 2.31. The quantitative estimate of drug-likeness (QED) is 0.446. The molecule has 0 spiro atoms. The van der Waals surface area contributed by atoms with E-state index in [0.717, 1.165) is 12.0 Å². The van der Waals surface area contributed by atoms with E-state index in [1.807, 2.05) is 0 Å². The minimum atomic E-state index is -0.370. The van der Waals surface area contributed by atoms with Crippen molar-refractivity contribution in [3.63, 3.8) is 0 Å². The van der Waals surface area contributed by atoms with Gasteiger partial charge >= 0.3 is 0 Å². The number of ether oxygens (including phenoxy) is 1. The Morgan fingerprint density at radius 1 is 1.37 bits per heavy atom. The van der Waals surface area contributed by atoms with Crippen LogP contribution in [0.25, 0.3) is 0 Å². The monoisotopic (exact) mass is 329 g/mol. The molecule has 0 N–H and O–H groups in total. The van der Waals surface area contributed by atoms with E-state index in [2.05, 4.69) is 36.7 Å². The predicted molar refractivity (Wildman–Crippen MR) is 80.1 cm³/mol. The summed E-state index contributed by atoms with van der Waals surface area (Å²) in [6.07, 6.45) is 0.759. The van der Waals surface area contributed by atoms with E-state index in [1.165, 1.54) is 6.07 Å². The van der Waals surface area contributed by atoms with Gasteiger partial charge in [-0.1, -0.05) is 36.7 Å². The maximum absolute atomic E-state index is 10.9. The lowest BCUT2D eigenvalue weighted by Crippen LogP contribution is -2.20. The molecule has 0 saturated heterocycles. The highest BCUT2D eigenvalue weighted by Gasteiger charge is 2.22. The van der Waals surface area contributed by atoms with Crippen molar-refractivity contribution in [2.24, 2.45) is 11.8 Å². The Morgan fingerprint density at radius 2 is 2.00 bits per heavy atom. The first-order valence-corrected chi connectivity index (χ1v) is 7.23. The van der Waals surface area contributed by atoms with Gasteiger partial charge in [-0.15, -0.1) is 0 Å². The average molecular weight is 330 g/mol. The fraction of sp³-hybridized carbons (Fsp3) is 0.571. The normalized spacial score (nSPS) is 14.2. The van der Waals surface area contributed by atoms with E-state index in [9.17, 15) is 10.1 Å². The number of hydrogen-bond acceptors (Lipinski definition) is 3. The van der Waals surface area contributed by atoms with Crippen LogP contribution in [0, 0.1) is 22.0 Å². The van der Waals surface area contributed by atoms with Gasteiger partial charge in [0.05, 0.1) is 12.0 Å². The zero-order valence-electron chi connectivity index (χ0n) is 11.7. The number of hydrogen-bond donors (Lipinski definition) is 0. The molecule has 0 bridgehead atoms. The van der Waals surface area contributed by atoms with Crippen LogP contribution in [0.1, 0.15) is 26.3 Å². The SMILES string of the molecule is COc1ccc([N+](=O)[O-])cc1CC(C(C)C)C(C)Br. The van der Waals surface area contributed by atoms with E-state index in [-0.39, 0.29) is 10.6 Å². The summed E-state index contributed by atoms with van der Waals surface area (Å²) in [6.45, 7) is 6.42. The van der Waals surface area contributed by atoms with Crippen LogP contribution in [0.4, 0.5) is 5.69 Å². The summed E-state index contributed by atoms with van der Waals surface area (Å²) >= 11 is 3.62. The number of non-ortho nitro benzene ring substituents is 1. The Morgan fingerprint density at radius 3 is 2.42 bits per heavy atom. The van der Waals surface area contributed by atoms with Crippen LogP contribution >= 0.6 is 15.9 Å². The van der Waals surface area contributed by atoms with Gasteiger partial charge in [-0.3, -0.25) is 10.1 Å². The second-order valence-electron chi connectivity index (χ2n) is 5.04. The molecule has 0 saturated carbocycles. The zero-order valence-corrected chi connectivity index (χ0v) is 13.3. The number of nitrogens with zero attached hydrogens (tertiary/aromatic N) is 1. The van der Waals surface area contributed by atoms with Gasteiger partial charge in [-0.2, -0.15) is 0 Å². The molecule has 0 amide bonds. The minimum absolute atomic E-state index is 0.112. The van der Waals surface area contributed by atoms with E-state index in [4.69, 9.17) is 4.74 Å². The summed E-state index contributed by atoms with van der Waals surface area (Å²) in [5.41, 5.74) is 1.00. The van der Waals surface area contributed by atoms with Crippen molar-refractivity contribution in [1.82, 2.24) is 0 Å². The van der Waals surface area contributed by atoms with Gasteiger partial charge in [0, 0.05) is 22.5 Å². The Hall–Kier alpha value is -1.10. The van der Waals surface area contributed by atoms with Crippen molar-refractivity contribution in [3.8, 4) is 5.75 Å². The number of benzene rings is 1. The molecule has 1 aromatic rings. The molecular formula is C14H20BrNO3. The highest BCUT2D eigenvalue weighted by molar-refractivity contribution is 9.09. The van der Waals surface area contributed by atoms with Gasteiger partial charge in [0.1, 0.15) is 5.75 Å². The molecule has 1 rings (SSSR count). The lowest BCUT2D eigenvalue weighted by molar-refractivity contribution is -0.384. The molecule has 4 nitrogen and oxygen atoms in total. The first kappa shape index (κ1) is 16.0. The van der Waals surface area contributed by atoms with Crippen molar-refractivity contribution in [2.45, 2.75) is 32.0 Å². The average Bonchev–Trinajstić information content (AvgIpc) is 2.34. The molecule has 2 unspecified atom stereocenters. The maximum atomic E-state index is 10.9. The molecule has 0 heterocycles. The smallest absolute Gasteiger partial charge is 0.269 e. The number of halogens is 1. The number of alkyl halides is 1. The van der Waals surface area contributed by atoms with Crippen molar-refractivity contribution in [2.75, 3.05) is 7.11 Å². The molecule has 19 heavy (non-hydrogen) atoms. The Bertz CT molecular complexity index is 438. The third-order valence-electron chi connectivity index (χ3n) is 3.38. The molecule has 1 aromatic carbocycles. The van der Waals surface area contributed by atoms with E-state index in [0.29, 0.717) is 22.4 Å². The van der Waals surface area contributed by atoms with Crippen LogP contribution in [-0.2, 0) is 6.42 Å². The maximum Gasteiger partial charge on any atom is 0.269 e. The van der Waals surface area contributed by atoms with E-state index in [1.54, 1.807) is 19.2 Å². The first-order chi connectivity index (χ1) is 8.86. The van der Waals surface area contributed by atoms with Crippen LogP contribution < -0.4 is 4.74 Å². The molecule has 5 heteroatoms. The fourth-order valence-electron chi connectivity index (χ4n) is 2.22. The molecule has 0 aromatic heterocycles. The van der Waals surface area contributed by atoms with Gasteiger partial charge in [0.2, 0.25) is 0 Å². The Labute approximate surface area is 122 Å². The third-order valence-corrected chi connectivity index (χ3v) is 4.06. The minimum Gasteiger partial charge on any atom is -0.496 e. The van der Waals surface area contributed by atoms with Gasteiger partial charge in [-0.05, 0) is 24.3 Å². The molecule has 0 aliphatic carbocycles. The van der Waals surface area contributed by atoms with Crippen molar-refractivity contribution < 1.29 is 9.66 Å². The van der Waals surface area contributed by atoms with Crippen LogP contribution in [0.2, 0.25) is 0 Å². The Balaban J connectivity index is 3.09. The molecule has 106 valence electrons. The fourth-order valence-corrected chi connectivity index (χ4v) is 3.02. The molecular weight excluding hydrogens is 310 g/mol. The van der Waals surface area contributed by atoms with Crippen molar-refractivity contribution in [1.29, 1.82) is 0 Å². The molecule has 0 aliphatic rings. The highest BCUT2D eigenvalue weighted by atomic mass is 79.9. The molecule has 2 atom stereocenters. The summed E-state index contributed by atoms with van der Waals surface area (Å²) in [5.74, 6) is 1.60.